The minimum absolute atomic E-state index is 0.100. The van der Waals surface area contributed by atoms with Crippen LogP contribution >= 0.6 is 0 Å². The van der Waals surface area contributed by atoms with Gasteiger partial charge in [0, 0.05) is 12.6 Å². The zero-order chi connectivity index (χ0) is 14.1. The van der Waals surface area contributed by atoms with E-state index in [1.54, 1.807) is 24.3 Å². The van der Waals surface area contributed by atoms with Crippen molar-refractivity contribution in [1.29, 1.82) is 0 Å². The molecule has 0 saturated carbocycles. The highest BCUT2D eigenvalue weighted by Crippen LogP contribution is 2.31. The summed E-state index contributed by atoms with van der Waals surface area (Å²) in [7, 11) is -3.19. The molecule has 1 aliphatic heterocycles. The highest BCUT2D eigenvalue weighted by atomic mass is 32.2. The SMILES string of the molecule is CC(O)(CO)CNC1CCS(=O)(=O)c2ccccc21. The van der Waals surface area contributed by atoms with E-state index in [2.05, 4.69) is 5.32 Å². The molecule has 6 heteroatoms. The first kappa shape index (κ1) is 14.5. The van der Waals surface area contributed by atoms with Gasteiger partial charge in [0.15, 0.2) is 9.84 Å². The second-order valence-corrected chi connectivity index (χ2v) is 7.31. The van der Waals surface area contributed by atoms with E-state index >= 15 is 0 Å². The molecule has 5 nitrogen and oxygen atoms in total. The molecule has 1 heterocycles. The van der Waals surface area contributed by atoms with Gasteiger partial charge >= 0.3 is 0 Å². The number of rotatable bonds is 4. The van der Waals surface area contributed by atoms with E-state index in [1.807, 2.05) is 0 Å². The van der Waals surface area contributed by atoms with Crippen molar-refractivity contribution >= 4 is 9.84 Å². The molecule has 0 saturated heterocycles. The zero-order valence-electron chi connectivity index (χ0n) is 10.8. The largest absolute Gasteiger partial charge is 0.393 e. The van der Waals surface area contributed by atoms with Gasteiger partial charge in [-0.15, -0.1) is 0 Å². The van der Waals surface area contributed by atoms with E-state index in [9.17, 15) is 13.5 Å². The predicted octanol–water partition coefficient (Wildman–Crippen LogP) is 0.238. The van der Waals surface area contributed by atoms with Crippen LogP contribution in [0.1, 0.15) is 24.9 Å². The molecule has 2 atom stereocenters. The first-order valence-corrected chi connectivity index (χ1v) is 7.89. The molecule has 1 aliphatic rings. The lowest BCUT2D eigenvalue weighted by atomic mass is 10.0. The zero-order valence-corrected chi connectivity index (χ0v) is 11.7. The average Bonchev–Trinajstić information content (AvgIpc) is 2.38. The predicted molar refractivity (Wildman–Crippen MR) is 71.6 cm³/mol. The molecule has 106 valence electrons. The lowest BCUT2D eigenvalue weighted by Gasteiger charge is -2.29. The van der Waals surface area contributed by atoms with E-state index in [0.29, 0.717) is 11.3 Å². The van der Waals surface area contributed by atoms with Gasteiger partial charge in [-0.3, -0.25) is 0 Å². The number of hydrogen-bond acceptors (Lipinski definition) is 5. The molecule has 19 heavy (non-hydrogen) atoms. The molecule has 0 aromatic heterocycles. The van der Waals surface area contributed by atoms with Crippen molar-refractivity contribution in [3.05, 3.63) is 29.8 Å². The van der Waals surface area contributed by atoms with E-state index in [4.69, 9.17) is 5.11 Å². The number of nitrogens with one attached hydrogen (secondary N) is 1. The molecule has 0 amide bonds. The lowest BCUT2D eigenvalue weighted by Crippen LogP contribution is -2.43. The van der Waals surface area contributed by atoms with Crippen LogP contribution in [0.25, 0.3) is 0 Å². The van der Waals surface area contributed by atoms with Crippen LogP contribution in [0.2, 0.25) is 0 Å². The summed E-state index contributed by atoms with van der Waals surface area (Å²) in [6, 6.07) is 6.80. The van der Waals surface area contributed by atoms with Gasteiger partial charge in [-0.1, -0.05) is 18.2 Å². The Morgan fingerprint density at radius 3 is 2.79 bits per heavy atom. The third kappa shape index (κ3) is 3.14. The summed E-state index contributed by atoms with van der Waals surface area (Å²) in [6.07, 6.45) is 0.473. The normalized spacial score (nSPS) is 24.5. The minimum Gasteiger partial charge on any atom is -0.393 e. The van der Waals surface area contributed by atoms with Crippen molar-refractivity contribution in [1.82, 2.24) is 5.32 Å². The average molecular weight is 285 g/mol. The molecule has 0 radical (unpaired) electrons. The van der Waals surface area contributed by atoms with Gasteiger partial charge in [0.1, 0.15) is 0 Å². The molecular formula is C13H19NO4S. The van der Waals surface area contributed by atoms with E-state index in [-0.39, 0.29) is 24.9 Å². The van der Waals surface area contributed by atoms with Crippen LogP contribution in [0, 0.1) is 0 Å². The topological polar surface area (TPSA) is 86.6 Å². The van der Waals surface area contributed by atoms with Crippen LogP contribution in [-0.2, 0) is 9.84 Å². The van der Waals surface area contributed by atoms with Crippen LogP contribution in [-0.4, -0.2) is 43.1 Å². The summed E-state index contributed by atoms with van der Waals surface area (Å²) in [6.45, 7) is 1.40. The van der Waals surface area contributed by atoms with Gasteiger partial charge in [0.05, 0.1) is 22.9 Å². The van der Waals surface area contributed by atoms with E-state index < -0.39 is 15.4 Å². The Kier molecular flexibility index (Phi) is 3.96. The molecule has 1 aromatic carbocycles. The summed E-state index contributed by atoms with van der Waals surface area (Å²) in [5.41, 5.74) is -0.465. The molecule has 0 bridgehead atoms. The van der Waals surface area contributed by atoms with Gasteiger partial charge in [0.2, 0.25) is 0 Å². The van der Waals surface area contributed by atoms with Crippen LogP contribution in [0.3, 0.4) is 0 Å². The highest BCUT2D eigenvalue weighted by Gasteiger charge is 2.31. The highest BCUT2D eigenvalue weighted by molar-refractivity contribution is 7.91. The Hall–Kier alpha value is -0.950. The second-order valence-electron chi connectivity index (χ2n) is 5.23. The first-order chi connectivity index (χ1) is 8.86. The quantitative estimate of drug-likeness (QED) is 0.737. The Labute approximate surface area is 113 Å². The van der Waals surface area contributed by atoms with Crippen LogP contribution in [0.4, 0.5) is 0 Å². The van der Waals surface area contributed by atoms with Crippen molar-refractivity contribution in [3.63, 3.8) is 0 Å². The summed E-state index contributed by atoms with van der Waals surface area (Å²) < 4.78 is 23.9. The Morgan fingerprint density at radius 2 is 2.11 bits per heavy atom. The van der Waals surface area contributed by atoms with Crippen molar-refractivity contribution in [3.8, 4) is 0 Å². The van der Waals surface area contributed by atoms with Crippen LogP contribution < -0.4 is 5.32 Å². The van der Waals surface area contributed by atoms with Gasteiger partial charge in [-0.05, 0) is 25.0 Å². The summed E-state index contributed by atoms with van der Waals surface area (Å²) in [4.78, 5) is 0.363. The van der Waals surface area contributed by atoms with Crippen LogP contribution in [0.5, 0.6) is 0 Å². The molecule has 0 aliphatic carbocycles. The number of sulfone groups is 1. The van der Waals surface area contributed by atoms with Gasteiger partial charge in [-0.2, -0.15) is 0 Å². The fourth-order valence-corrected chi connectivity index (χ4v) is 3.82. The van der Waals surface area contributed by atoms with Gasteiger partial charge in [-0.25, -0.2) is 8.42 Å². The molecule has 2 rings (SSSR count). The molecule has 3 N–H and O–H groups in total. The molecule has 0 fully saturated rings. The molecule has 1 aromatic rings. The fraction of sp³-hybridized carbons (Fsp3) is 0.538. The molecule has 0 spiro atoms. The van der Waals surface area contributed by atoms with Crippen LogP contribution in [0.15, 0.2) is 29.2 Å². The fourth-order valence-electron chi connectivity index (χ4n) is 2.20. The number of benzene rings is 1. The van der Waals surface area contributed by atoms with Crippen molar-refractivity contribution in [2.24, 2.45) is 0 Å². The second kappa shape index (κ2) is 5.20. The molecular weight excluding hydrogens is 266 g/mol. The number of aliphatic hydroxyl groups is 2. The smallest absolute Gasteiger partial charge is 0.178 e. The summed E-state index contributed by atoms with van der Waals surface area (Å²) in [5, 5.41) is 21.9. The Bertz CT molecular complexity index is 554. The minimum atomic E-state index is -3.19. The maximum atomic E-state index is 12.0. The maximum Gasteiger partial charge on any atom is 0.178 e. The summed E-state index contributed by atoms with van der Waals surface area (Å²) in [5.74, 6) is 0.100. The third-order valence-electron chi connectivity index (χ3n) is 3.37. The lowest BCUT2D eigenvalue weighted by molar-refractivity contribution is 0.000510. The Balaban J connectivity index is 2.21. The maximum absolute atomic E-state index is 12.0. The van der Waals surface area contributed by atoms with Gasteiger partial charge < -0.3 is 15.5 Å². The number of hydrogen-bond donors (Lipinski definition) is 3. The van der Waals surface area contributed by atoms with Crippen molar-refractivity contribution in [2.45, 2.75) is 29.9 Å². The van der Waals surface area contributed by atoms with Crippen molar-refractivity contribution in [2.75, 3.05) is 18.9 Å². The third-order valence-corrected chi connectivity index (χ3v) is 5.19. The van der Waals surface area contributed by atoms with Gasteiger partial charge in [0.25, 0.3) is 0 Å². The first-order valence-electron chi connectivity index (χ1n) is 6.24. The van der Waals surface area contributed by atoms with E-state index in [0.717, 1.165) is 5.56 Å². The summed E-state index contributed by atoms with van der Waals surface area (Å²) >= 11 is 0. The van der Waals surface area contributed by atoms with E-state index in [1.165, 1.54) is 6.92 Å². The standard InChI is InChI=1S/C13H19NO4S/c1-13(16,9-15)8-14-11-6-7-19(17,18)12-5-3-2-4-10(11)12/h2-5,11,14-16H,6-9H2,1H3. The van der Waals surface area contributed by atoms with Crippen molar-refractivity contribution < 1.29 is 18.6 Å². The molecule has 2 unspecified atom stereocenters. The monoisotopic (exact) mass is 285 g/mol. The number of fused-ring (bicyclic) bond motifs is 1. The number of aliphatic hydroxyl groups excluding tert-OH is 1. The Morgan fingerprint density at radius 1 is 1.42 bits per heavy atom.